The largest absolute Gasteiger partial charge is 0.354 e. The first kappa shape index (κ1) is 17.5. The molecule has 6 heteroatoms. The van der Waals surface area contributed by atoms with E-state index in [4.69, 9.17) is 11.6 Å². The summed E-state index contributed by atoms with van der Waals surface area (Å²) in [5, 5.41) is 5.47. The average Bonchev–Trinajstić information content (AvgIpc) is 3.01. The van der Waals surface area contributed by atoms with Crippen LogP contribution >= 0.6 is 22.9 Å². The SMILES string of the molecule is CC(=O)N(CCNC(=O)Cc1cccs1)Cc1ccc(Cl)cc1. The number of amides is 2. The van der Waals surface area contributed by atoms with Crippen molar-refractivity contribution in [3.05, 3.63) is 57.2 Å². The zero-order valence-electron chi connectivity index (χ0n) is 12.9. The van der Waals surface area contributed by atoms with Gasteiger partial charge in [-0.2, -0.15) is 0 Å². The minimum Gasteiger partial charge on any atom is -0.354 e. The number of hydrogen-bond donors (Lipinski definition) is 1. The number of rotatable bonds is 7. The average molecular weight is 351 g/mol. The van der Waals surface area contributed by atoms with Gasteiger partial charge in [0.1, 0.15) is 0 Å². The van der Waals surface area contributed by atoms with Crippen LogP contribution in [0.25, 0.3) is 0 Å². The van der Waals surface area contributed by atoms with Crippen LogP contribution < -0.4 is 5.32 Å². The van der Waals surface area contributed by atoms with Gasteiger partial charge in [0.15, 0.2) is 0 Å². The van der Waals surface area contributed by atoms with E-state index in [0.29, 0.717) is 31.1 Å². The van der Waals surface area contributed by atoms with E-state index in [2.05, 4.69) is 5.32 Å². The number of carbonyl (C=O) groups excluding carboxylic acids is 2. The first-order chi connectivity index (χ1) is 11.0. The summed E-state index contributed by atoms with van der Waals surface area (Å²) in [6.45, 7) is 2.96. The number of hydrogen-bond acceptors (Lipinski definition) is 3. The van der Waals surface area contributed by atoms with Crippen molar-refractivity contribution in [3.8, 4) is 0 Å². The molecule has 0 saturated carbocycles. The molecule has 0 saturated heterocycles. The molecule has 1 aromatic carbocycles. The van der Waals surface area contributed by atoms with Crippen molar-refractivity contribution in [1.82, 2.24) is 10.2 Å². The van der Waals surface area contributed by atoms with Gasteiger partial charge in [-0.15, -0.1) is 11.3 Å². The Morgan fingerprint density at radius 3 is 2.57 bits per heavy atom. The van der Waals surface area contributed by atoms with Gasteiger partial charge in [-0.05, 0) is 29.1 Å². The van der Waals surface area contributed by atoms with Crippen molar-refractivity contribution in [2.24, 2.45) is 0 Å². The molecule has 2 rings (SSSR count). The van der Waals surface area contributed by atoms with E-state index in [0.717, 1.165) is 10.4 Å². The Balaban J connectivity index is 1.79. The first-order valence-electron chi connectivity index (χ1n) is 7.33. The van der Waals surface area contributed by atoms with Gasteiger partial charge in [0.05, 0.1) is 6.42 Å². The number of nitrogens with zero attached hydrogens (tertiary/aromatic N) is 1. The van der Waals surface area contributed by atoms with Gasteiger partial charge in [0.2, 0.25) is 11.8 Å². The van der Waals surface area contributed by atoms with Gasteiger partial charge in [-0.25, -0.2) is 0 Å². The minimum absolute atomic E-state index is 0.0209. The predicted octanol–water partition coefficient (Wildman–Crippen LogP) is 3.11. The maximum atomic E-state index is 11.8. The van der Waals surface area contributed by atoms with Crippen LogP contribution in [0.15, 0.2) is 41.8 Å². The fourth-order valence-electron chi connectivity index (χ4n) is 2.12. The minimum atomic E-state index is -0.0255. The molecule has 0 radical (unpaired) electrons. The van der Waals surface area contributed by atoms with E-state index in [1.54, 1.807) is 28.4 Å². The van der Waals surface area contributed by atoms with Crippen LogP contribution in [0.3, 0.4) is 0 Å². The van der Waals surface area contributed by atoms with Crippen LogP contribution in [0.5, 0.6) is 0 Å². The van der Waals surface area contributed by atoms with Crippen LogP contribution in [0.4, 0.5) is 0 Å². The van der Waals surface area contributed by atoms with Crippen molar-refractivity contribution in [1.29, 1.82) is 0 Å². The molecule has 4 nitrogen and oxygen atoms in total. The van der Waals surface area contributed by atoms with Crippen molar-refractivity contribution >= 4 is 34.8 Å². The highest BCUT2D eigenvalue weighted by atomic mass is 35.5. The molecule has 0 aliphatic rings. The van der Waals surface area contributed by atoms with Crippen LogP contribution in [-0.2, 0) is 22.6 Å². The van der Waals surface area contributed by atoms with Gasteiger partial charge in [-0.3, -0.25) is 9.59 Å². The highest BCUT2D eigenvalue weighted by Gasteiger charge is 2.10. The fraction of sp³-hybridized carbons (Fsp3) is 0.294. The van der Waals surface area contributed by atoms with E-state index in [1.807, 2.05) is 29.6 Å². The third-order valence-corrected chi connectivity index (χ3v) is 4.48. The van der Waals surface area contributed by atoms with E-state index in [-0.39, 0.29) is 11.8 Å². The third-order valence-electron chi connectivity index (χ3n) is 3.35. The molecule has 0 unspecified atom stereocenters. The summed E-state index contributed by atoms with van der Waals surface area (Å²) in [5.74, 6) is -0.0464. The van der Waals surface area contributed by atoms with Crippen LogP contribution in [-0.4, -0.2) is 29.8 Å². The van der Waals surface area contributed by atoms with Crippen LogP contribution in [0, 0.1) is 0 Å². The predicted molar refractivity (Wildman–Crippen MR) is 93.6 cm³/mol. The highest BCUT2D eigenvalue weighted by molar-refractivity contribution is 7.10. The van der Waals surface area contributed by atoms with Crippen LogP contribution in [0.1, 0.15) is 17.4 Å². The number of thiophene rings is 1. The van der Waals surface area contributed by atoms with Gasteiger partial charge >= 0.3 is 0 Å². The van der Waals surface area contributed by atoms with E-state index in [9.17, 15) is 9.59 Å². The second-order valence-electron chi connectivity index (χ2n) is 5.17. The lowest BCUT2D eigenvalue weighted by atomic mass is 10.2. The lowest BCUT2D eigenvalue weighted by Crippen LogP contribution is -2.37. The molecule has 0 aliphatic carbocycles. The molecule has 2 amide bonds. The van der Waals surface area contributed by atoms with Crippen molar-refractivity contribution in [2.75, 3.05) is 13.1 Å². The van der Waals surface area contributed by atoms with Gasteiger partial charge in [0.25, 0.3) is 0 Å². The van der Waals surface area contributed by atoms with E-state index in [1.165, 1.54) is 6.92 Å². The quantitative estimate of drug-likeness (QED) is 0.834. The second-order valence-corrected chi connectivity index (χ2v) is 6.64. The first-order valence-corrected chi connectivity index (χ1v) is 8.59. The Hall–Kier alpha value is -1.85. The van der Waals surface area contributed by atoms with E-state index < -0.39 is 0 Å². The van der Waals surface area contributed by atoms with Crippen LogP contribution in [0.2, 0.25) is 5.02 Å². The third kappa shape index (κ3) is 6.04. The Bertz CT molecular complexity index is 641. The Kier molecular flexibility index (Phi) is 6.62. The molecule has 1 aromatic heterocycles. The van der Waals surface area contributed by atoms with Gasteiger partial charge in [0, 0.05) is 36.5 Å². The highest BCUT2D eigenvalue weighted by Crippen LogP contribution is 2.11. The summed E-state index contributed by atoms with van der Waals surface area (Å²) in [6.07, 6.45) is 0.384. The lowest BCUT2D eigenvalue weighted by Gasteiger charge is -2.21. The van der Waals surface area contributed by atoms with Gasteiger partial charge in [-0.1, -0.05) is 29.8 Å². The summed E-state index contributed by atoms with van der Waals surface area (Å²) < 4.78 is 0. The molecular formula is C17H19ClN2O2S. The fourth-order valence-corrected chi connectivity index (χ4v) is 2.95. The molecule has 0 atom stereocenters. The smallest absolute Gasteiger partial charge is 0.225 e. The van der Waals surface area contributed by atoms with Crippen molar-refractivity contribution < 1.29 is 9.59 Å². The summed E-state index contributed by atoms with van der Waals surface area (Å²) >= 11 is 7.42. The summed E-state index contributed by atoms with van der Waals surface area (Å²) in [5.41, 5.74) is 1.01. The lowest BCUT2D eigenvalue weighted by molar-refractivity contribution is -0.130. The molecule has 0 fully saturated rings. The summed E-state index contributed by atoms with van der Waals surface area (Å²) in [6, 6.07) is 11.3. The number of nitrogens with one attached hydrogen (secondary N) is 1. The topological polar surface area (TPSA) is 49.4 Å². The Labute approximate surface area is 145 Å². The number of benzene rings is 1. The Morgan fingerprint density at radius 1 is 1.22 bits per heavy atom. The Morgan fingerprint density at radius 2 is 1.96 bits per heavy atom. The summed E-state index contributed by atoms with van der Waals surface area (Å²) in [4.78, 5) is 26.3. The zero-order valence-corrected chi connectivity index (χ0v) is 14.5. The molecule has 0 spiro atoms. The maximum absolute atomic E-state index is 11.8. The molecule has 122 valence electrons. The maximum Gasteiger partial charge on any atom is 0.225 e. The van der Waals surface area contributed by atoms with E-state index >= 15 is 0 Å². The molecule has 0 aliphatic heterocycles. The standard InChI is InChI=1S/C17H19ClN2O2S/c1-13(21)20(12-14-4-6-15(18)7-5-14)9-8-19-17(22)11-16-3-2-10-23-16/h2-7,10H,8-9,11-12H2,1H3,(H,19,22). The second kappa shape index (κ2) is 8.70. The van der Waals surface area contributed by atoms with Gasteiger partial charge < -0.3 is 10.2 Å². The molecule has 2 aromatic rings. The molecule has 23 heavy (non-hydrogen) atoms. The van der Waals surface area contributed by atoms with Crippen molar-refractivity contribution in [2.45, 2.75) is 19.9 Å². The summed E-state index contributed by atoms with van der Waals surface area (Å²) in [7, 11) is 0. The number of halogens is 1. The molecular weight excluding hydrogens is 332 g/mol. The molecule has 1 heterocycles. The monoisotopic (exact) mass is 350 g/mol. The molecule has 0 bridgehead atoms. The zero-order chi connectivity index (χ0) is 16.7. The van der Waals surface area contributed by atoms with Crippen molar-refractivity contribution in [3.63, 3.8) is 0 Å². The number of carbonyl (C=O) groups is 2. The normalized spacial score (nSPS) is 10.3. The molecule has 1 N–H and O–H groups in total.